The summed E-state index contributed by atoms with van der Waals surface area (Å²) in [6, 6.07) is 6.63. The minimum Gasteiger partial charge on any atom is -0.393 e. The number of amides is 1. The van der Waals surface area contributed by atoms with Crippen molar-refractivity contribution in [3.05, 3.63) is 28.8 Å². The summed E-state index contributed by atoms with van der Waals surface area (Å²) in [4.78, 5) is 11.5. The Morgan fingerprint density at radius 2 is 2.35 bits per heavy atom. The molecule has 1 aromatic carbocycles. The number of nitrogens with zero attached hydrogens (tertiary/aromatic N) is 1. The van der Waals surface area contributed by atoms with Gasteiger partial charge in [0.25, 0.3) is 0 Å². The van der Waals surface area contributed by atoms with Gasteiger partial charge in [-0.05, 0) is 31.5 Å². The maximum Gasteiger partial charge on any atom is 0.224 e. The molecule has 0 aromatic heterocycles. The highest BCUT2D eigenvalue weighted by molar-refractivity contribution is 6.32. The minimum absolute atomic E-state index is 0.188. The Morgan fingerprint density at radius 3 is 2.88 bits per heavy atom. The molecule has 0 spiro atoms. The van der Waals surface area contributed by atoms with Gasteiger partial charge < -0.3 is 10.4 Å². The Bertz CT molecular complexity index is 452. The van der Waals surface area contributed by atoms with Gasteiger partial charge in [0.05, 0.1) is 16.7 Å². The van der Waals surface area contributed by atoms with Crippen LogP contribution in [0.25, 0.3) is 0 Å². The van der Waals surface area contributed by atoms with Gasteiger partial charge in [0.2, 0.25) is 5.91 Å². The maximum absolute atomic E-state index is 11.5. The first-order chi connectivity index (χ1) is 8.02. The van der Waals surface area contributed by atoms with Crippen molar-refractivity contribution in [1.82, 2.24) is 0 Å². The Balaban J connectivity index is 2.61. The number of aliphatic hydroxyl groups is 1. The summed E-state index contributed by atoms with van der Waals surface area (Å²) in [5.74, 6) is -0.188. The van der Waals surface area contributed by atoms with E-state index in [1.54, 1.807) is 19.1 Å². The molecular weight excluding hydrogens is 240 g/mol. The predicted molar refractivity (Wildman–Crippen MR) is 65.7 cm³/mol. The second kappa shape index (κ2) is 6.24. The first-order valence-electron chi connectivity index (χ1n) is 5.20. The van der Waals surface area contributed by atoms with E-state index in [9.17, 15) is 4.79 Å². The number of hydrogen-bond acceptors (Lipinski definition) is 3. The fraction of sp³-hybridized carbons (Fsp3) is 0.333. The third kappa shape index (κ3) is 4.43. The van der Waals surface area contributed by atoms with Crippen molar-refractivity contribution in [2.24, 2.45) is 0 Å². The summed E-state index contributed by atoms with van der Waals surface area (Å²) in [5, 5.41) is 20.7. The van der Waals surface area contributed by atoms with E-state index in [1.807, 2.05) is 6.07 Å². The number of benzene rings is 1. The second-order valence-corrected chi connectivity index (χ2v) is 4.15. The third-order valence-electron chi connectivity index (χ3n) is 2.16. The van der Waals surface area contributed by atoms with Gasteiger partial charge >= 0.3 is 0 Å². The SMILES string of the molecule is CC(O)CCC(=O)Nc1ccc(C#N)c(Cl)c1. The van der Waals surface area contributed by atoms with Crippen molar-refractivity contribution < 1.29 is 9.90 Å². The van der Waals surface area contributed by atoms with Gasteiger partial charge in [0.15, 0.2) is 0 Å². The van der Waals surface area contributed by atoms with E-state index in [4.69, 9.17) is 22.0 Å². The normalized spacial score (nSPS) is 11.6. The number of anilines is 1. The maximum atomic E-state index is 11.5. The Hall–Kier alpha value is -1.57. The molecule has 0 radical (unpaired) electrons. The highest BCUT2D eigenvalue weighted by Crippen LogP contribution is 2.20. The number of halogens is 1. The lowest BCUT2D eigenvalue weighted by Gasteiger charge is -2.07. The molecule has 90 valence electrons. The molecule has 0 aliphatic heterocycles. The Labute approximate surface area is 105 Å². The average molecular weight is 253 g/mol. The number of carbonyl (C=O) groups is 1. The topological polar surface area (TPSA) is 73.1 Å². The number of nitrogens with one attached hydrogen (secondary N) is 1. The monoisotopic (exact) mass is 252 g/mol. The Morgan fingerprint density at radius 1 is 1.65 bits per heavy atom. The number of nitriles is 1. The number of hydrogen-bond donors (Lipinski definition) is 2. The Kier molecular flexibility index (Phi) is 4.95. The van der Waals surface area contributed by atoms with Crippen LogP contribution in [0.3, 0.4) is 0 Å². The van der Waals surface area contributed by atoms with Crippen molar-refractivity contribution in [2.45, 2.75) is 25.9 Å². The molecule has 0 saturated carbocycles. The fourth-order valence-electron chi connectivity index (χ4n) is 1.25. The van der Waals surface area contributed by atoms with Gasteiger partial charge in [-0.1, -0.05) is 11.6 Å². The van der Waals surface area contributed by atoms with Crippen molar-refractivity contribution in [2.75, 3.05) is 5.32 Å². The lowest BCUT2D eigenvalue weighted by molar-refractivity contribution is -0.116. The summed E-state index contributed by atoms with van der Waals surface area (Å²) < 4.78 is 0. The first kappa shape index (κ1) is 13.5. The summed E-state index contributed by atoms with van der Waals surface area (Å²) in [6.07, 6.45) is 0.163. The fourth-order valence-corrected chi connectivity index (χ4v) is 1.47. The van der Waals surface area contributed by atoms with Crippen LogP contribution in [0, 0.1) is 11.3 Å². The zero-order valence-corrected chi connectivity index (χ0v) is 10.2. The molecule has 2 N–H and O–H groups in total. The van der Waals surface area contributed by atoms with Gasteiger partial charge in [-0.2, -0.15) is 5.26 Å². The van der Waals surface area contributed by atoms with Crippen molar-refractivity contribution in [3.8, 4) is 6.07 Å². The summed E-state index contributed by atoms with van der Waals surface area (Å²) in [6.45, 7) is 1.63. The lowest BCUT2D eigenvalue weighted by atomic mass is 10.2. The van der Waals surface area contributed by atoms with Crippen LogP contribution in [0.2, 0.25) is 5.02 Å². The van der Waals surface area contributed by atoms with Gasteiger partial charge in [-0.3, -0.25) is 4.79 Å². The van der Waals surface area contributed by atoms with Crippen LogP contribution in [0.5, 0.6) is 0 Å². The predicted octanol–water partition coefficient (Wildman–Crippen LogP) is 2.31. The molecule has 1 rings (SSSR count). The van der Waals surface area contributed by atoms with Gasteiger partial charge in [-0.15, -0.1) is 0 Å². The number of carbonyl (C=O) groups excluding carboxylic acids is 1. The molecular formula is C12H13ClN2O2. The van der Waals surface area contributed by atoms with Crippen LogP contribution in [0.4, 0.5) is 5.69 Å². The van der Waals surface area contributed by atoms with Crippen molar-refractivity contribution >= 4 is 23.2 Å². The summed E-state index contributed by atoms with van der Waals surface area (Å²) >= 11 is 5.83. The van der Waals surface area contributed by atoms with Crippen LogP contribution < -0.4 is 5.32 Å². The molecule has 1 aromatic rings. The van der Waals surface area contributed by atoms with Gasteiger partial charge in [-0.25, -0.2) is 0 Å². The summed E-state index contributed by atoms with van der Waals surface area (Å²) in [5.41, 5.74) is 0.915. The van der Waals surface area contributed by atoms with Crippen molar-refractivity contribution in [1.29, 1.82) is 5.26 Å². The molecule has 5 heteroatoms. The average Bonchev–Trinajstić information content (AvgIpc) is 2.26. The highest BCUT2D eigenvalue weighted by Gasteiger charge is 2.06. The zero-order chi connectivity index (χ0) is 12.8. The van der Waals surface area contributed by atoms with Crippen LogP contribution in [0.1, 0.15) is 25.3 Å². The number of rotatable bonds is 4. The molecule has 0 aliphatic rings. The zero-order valence-electron chi connectivity index (χ0n) is 9.40. The smallest absolute Gasteiger partial charge is 0.224 e. The molecule has 17 heavy (non-hydrogen) atoms. The lowest BCUT2D eigenvalue weighted by Crippen LogP contribution is -2.14. The standard InChI is InChI=1S/C12H13ClN2O2/c1-8(16)2-5-12(17)15-10-4-3-9(7-14)11(13)6-10/h3-4,6,8,16H,2,5H2,1H3,(H,15,17). The molecule has 1 unspecified atom stereocenters. The highest BCUT2D eigenvalue weighted by atomic mass is 35.5. The number of aliphatic hydroxyl groups excluding tert-OH is 1. The molecule has 0 bridgehead atoms. The van der Waals surface area contributed by atoms with Crippen molar-refractivity contribution in [3.63, 3.8) is 0 Å². The van der Waals surface area contributed by atoms with E-state index in [0.29, 0.717) is 22.7 Å². The largest absolute Gasteiger partial charge is 0.393 e. The second-order valence-electron chi connectivity index (χ2n) is 3.74. The van der Waals surface area contributed by atoms with E-state index in [-0.39, 0.29) is 12.3 Å². The first-order valence-corrected chi connectivity index (χ1v) is 5.58. The quantitative estimate of drug-likeness (QED) is 0.864. The van der Waals surface area contributed by atoms with Crippen LogP contribution in [0.15, 0.2) is 18.2 Å². The molecule has 1 atom stereocenters. The summed E-state index contributed by atoms with van der Waals surface area (Å²) in [7, 11) is 0. The minimum atomic E-state index is -0.495. The van der Waals surface area contributed by atoms with E-state index in [0.717, 1.165) is 0 Å². The molecule has 0 saturated heterocycles. The molecule has 1 amide bonds. The molecule has 0 aliphatic carbocycles. The van der Waals surface area contributed by atoms with E-state index in [1.165, 1.54) is 6.07 Å². The van der Waals surface area contributed by atoms with Gasteiger partial charge in [0, 0.05) is 12.1 Å². The van der Waals surface area contributed by atoms with Crippen LogP contribution in [-0.2, 0) is 4.79 Å². The van der Waals surface area contributed by atoms with E-state index < -0.39 is 6.10 Å². The third-order valence-corrected chi connectivity index (χ3v) is 2.48. The van der Waals surface area contributed by atoms with E-state index >= 15 is 0 Å². The molecule has 4 nitrogen and oxygen atoms in total. The van der Waals surface area contributed by atoms with E-state index in [2.05, 4.69) is 5.32 Å². The van der Waals surface area contributed by atoms with Gasteiger partial charge in [0.1, 0.15) is 6.07 Å². The molecule has 0 heterocycles. The molecule has 0 fully saturated rings. The van der Waals surface area contributed by atoms with Crippen LogP contribution >= 0.6 is 11.6 Å². The van der Waals surface area contributed by atoms with Crippen LogP contribution in [-0.4, -0.2) is 17.1 Å².